The van der Waals surface area contributed by atoms with Gasteiger partial charge in [0.25, 0.3) is 0 Å². The normalized spacial score (nSPS) is 25.0. The topological polar surface area (TPSA) is 195 Å². The van der Waals surface area contributed by atoms with Gasteiger partial charge in [-0.25, -0.2) is 9.78 Å². The van der Waals surface area contributed by atoms with E-state index in [4.69, 9.17) is 24.7 Å². The number of esters is 1. The summed E-state index contributed by atoms with van der Waals surface area (Å²) in [5.41, 5.74) is 6.93. The Morgan fingerprint density at radius 2 is 2.14 bits per heavy atom. The summed E-state index contributed by atoms with van der Waals surface area (Å²) < 4.78 is 25.3. The van der Waals surface area contributed by atoms with E-state index in [0.717, 1.165) is 0 Å². The molecule has 0 saturated carbocycles. The van der Waals surface area contributed by atoms with Crippen molar-refractivity contribution in [2.24, 2.45) is 5.73 Å². The predicted molar refractivity (Wildman–Crippen MR) is 156 cm³/mol. The number of hydrogen-bond donors (Lipinski definition) is 6. The molecule has 7 N–H and O–H groups in total. The Morgan fingerprint density at radius 1 is 1.34 bits per heavy atom. The summed E-state index contributed by atoms with van der Waals surface area (Å²) in [7, 11) is 1.52. The van der Waals surface area contributed by atoms with Crippen molar-refractivity contribution < 1.29 is 38.7 Å². The molecule has 236 valence electrons. The molecular formula is C29H37N7O8. The van der Waals surface area contributed by atoms with E-state index in [1.54, 1.807) is 39.2 Å². The number of nitrogens with two attached hydrogens (primary N) is 1. The number of fused-ring (bicyclic) bond motifs is 3. The van der Waals surface area contributed by atoms with Crippen LogP contribution >= 0.6 is 0 Å². The van der Waals surface area contributed by atoms with Gasteiger partial charge in [0.15, 0.2) is 0 Å². The summed E-state index contributed by atoms with van der Waals surface area (Å²) in [6.45, 7) is 5.36. The number of methoxy groups -OCH3 is 1. The summed E-state index contributed by atoms with van der Waals surface area (Å²) in [6.07, 6.45) is 5.56. The number of rotatable bonds is 8. The third kappa shape index (κ3) is 5.05. The number of nitrogens with zero attached hydrogens (tertiary/aromatic N) is 3. The molecule has 0 aliphatic carbocycles. The number of aliphatic hydroxyl groups is 2. The maximum Gasteiger partial charge on any atom is 0.374 e. The number of allylic oxidation sites excluding steroid dienone is 3. The van der Waals surface area contributed by atoms with Crippen molar-refractivity contribution >= 4 is 23.4 Å². The van der Waals surface area contributed by atoms with Crippen molar-refractivity contribution in [3.8, 4) is 17.2 Å². The molecule has 4 atom stereocenters. The molecule has 0 bridgehead atoms. The van der Waals surface area contributed by atoms with Gasteiger partial charge in [-0.2, -0.15) is 0 Å². The average molecular weight is 612 g/mol. The van der Waals surface area contributed by atoms with E-state index in [1.807, 2.05) is 15.5 Å². The van der Waals surface area contributed by atoms with Gasteiger partial charge in [0.05, 0.1) is 43.7 Å². The molecule has 0 radical (unpaired) electrons. The molecule has 1 aromatic carbocycles. The highest BCUT2D eigenvalue weighted by molar-refractivity contribution is 5.96. The number of ether oxygens (including phenoxy) is 4. The van der Waals surface area contributed by atoms with Gasteiger partial charge in [-0.1, -0.05) is 6.08 Å². The number of anilines is 1. The van der Waals surface area contributed by atoms with E-state index in [2.05, 4.69) is 20.9 Å². The fraction of sp³-hybridized carbons (Fsp3) is 0.483. The summed E-state index contributed by atoms with van der Waals surface area (Å²) in [6, 6.07) is -0.506. The maximum absolute atomic E-state index is 12.9. The Labute approximate surface area is 253 Å². The van der Waals surface area contributed by atoms with Crippen LogP contribution in [-0.4, -0.2) is 82.2 Å². The van der Waals surface area contributed by atoms with Crippen molar-refractivity contribution in [1.29, 1.82) is 0 Å². The third-order valence-corrected chi connectivity index (χ3v) is 8.14. The molecule has 15 nitrogen and oxygen atoms in total. The molecule has 2 saturated heterocycles. The van der Waals surface area contributed by atoms with Crippen LogP contribution in [0.3, 0.4) is 0 Å². The summed E-state index contributed by atoms with van der Waals surface area (Å²) in [4.78, 5) is 31.8. The minimum atomic E-state index is -1.18. The highest BCUT2D eigenvalue weighted by Crippen LogP contribution is 2.53. The van der Waals surface area contributed by atoms with Crippen LogP contribution in [0.15, 0.2) is 30.3 Å². The van der Waals surface area contributed by atoms with Crippen molar-refractivity contribution in [1.82, 2.24) is 25.5 Å². The highest BCUT2D eigenvalue weighted by atomic mass is 16.6. The zero-order chi connectivity index (χ0) is 31.3. The number of aromatic nitrogens is 2. The van der Waals surface area contributed by atoms with Crippen molar-refractivity contribution in [3.63, 3.8) is 0 Å². The molecule has 6 rings (SSSR count). The first-order valence-electron chi connectivity index (χ1n) is 14.4. The summed E-state index contributed by atoms with van der Waals surface area (Å²) in [5, 5.41) is 30.3. The first kappa shape index (κ1) is 29.9. The van der Waals surface area contributed by atoms with E-state index >= 15 is 0 Å². The van der Waals surface area contributed by atoms with Crippen LogP contribution in [0, 0.1) is 0 Å². The zero-order valence-corrected chi connectivity index (χ0v) is 24.9. The Hall–Kier alpha value is -4.15. The number of amides is 1. The molecule has 2 aromatic rings. The first-order valence-corrected chi connectivity index (χ1v) is 14.4. The van der Waals surface area contributed by atoms with Crippen LogP contribution in [0.2, 0.25) is 0 Å². The Bertz CT molecular complexity index is 1540. The predicted octanol–water partition coefficient (Wildman–Crippen LogP) is -0.595. The Balaban J connectivity index is 1.42. The second-order valence-corrected chi connectivity index (χ2v) is 11.4. The lowest BCUT2D eigenvalue weighted by Crippen LogP contribution is -2.70. The second kappa shape index (κ2) is 11.4. The Kier molecular flexibility index (Phi) is 7.75. The van der Waals surface area contributed by atoms with Crippen molar-refractivity contribution in [2.75, 3.05) is 25.3 Å². The van der Waals surface area contributed by atoms with Gasteiger partial charge in [-0.05, 0) is 32.4 Å². The minimum Gasteiger partial charge on any atom is -0.496 e. The third-order valence-electron chi connectivity index (χ3n) is 8.14. The molecular weight excluding hydrogens is 574 g/mol. The first-order chi connectivity index (χ1) is 21.0. The fourth-order valence-corrected chi connectivity index (χ4v) is 6.02. The van der Waals surface area contributed by atoms with E-state index in [1.165, 1.54) is 7.11 Å². The van der Waals surface area contributed by atoms with Crippen LogP contribution in [0.1, 0.15) is 37.5 Å². The maximum atomic E-state index is 12.9. The lowest BCUT2D eigenvalue weighted by atomic mass is 9.90. The number of carbonyl (C=O) groups excluding carboxylic acids is 2. The number of aliphatic hydroxyl groups excluding tert-OH is 1. The Morgan fingerprint density at radius 3 is 2.84 bits per heavy atom. The van der Waals surface area contributed by atoms with Gasteiger partial charge in [0.1, 0.15) is 41.8 Å². The minimum absolute atomic E-state index is 0.0665. The monoisotopic (exact) mass is 611 g/mol. The molecule has 1 aromatic heterocycles. The number of imidazole rings is 1. The van der Waals surface area contributed by atoms with Gasteiger partial charge >= 0.3 is 5.97 Å². The molecule has 4 aliphatic rings. The van der Waals surface area contributed by atoms with Gasteiger partial charge in [-0.3, -0.25) is 21.2 Å². The SMILES string of the molecule is CCOC(=O)C1=C/C(=C\Cn2ccnc2N2CN[C@H]3C(=O)N[C@@H](N)N[C@H]32)c2c(OC)c3c(c(CO)c2O1)O[C@H](C(C)(C)O)C3. The molecule has 2 fully saturated rings. The molecule has 5 heterocycles. The largest absolute Gasteiger partial charge is 0.496 e. The fourth-order valence-electron chi connectivity index (χ4n) is 6.02. The van der Waals surface area contributed by atoms with Crippen LogP contribution in [0.5, 0.6) is 17.2 Å². The molecule has 4 aliphatic heterocycles. The van der Waals surface area contributed by atoms with Gasteiger partial charge in [0, 0.05) is 30.9 Å². The quantitative estimate of drug-likeness (QED) is 0.208. The van der Waals surface area contributed by atoms with E-state index in [-0.39, 0.29) is 24.0 Å². The lowest BCUT2D eigenvalue weighted by molar-refractivity contribution is -0.141. The molecule has 15 heteroatoms. The van der Waals surface area contributed by atoms with Crippen molar-refractivity contribution in [3.05, 3.63) is 47.0 Å². The second-order valence-electron chi connectivity index (χ2n) is 11.4. The number of benzene rings is 1. The van der Waals surface area contributed by atoms with E-state index in [9.17, 15) is 19.8 Å². The standard InChI is InChI=1S/C29H37N7O8/c1-5-42-26(39)17-10-14(6-8-35-9-7-31-28(35)36-13-32-20-24(36)33-27(30)34-25(20)38)19-22(41-4)15-11-18(29(2,3)40)44-21(15)16(12-37)23(19)43-17/h6-7,9-10,18,20,24,27,32-33,37,40H,5,8,11-13,30H2,1-4H3,(H,34,38)/b14-6+/t18-,20+,24-,27-/m0/s1. The number of hydrogen-bond acceptors (Lipinski definition) is 13. The molecule has 44 heavy (non-hydrogen) atoms. The molecule has 1 amide bonds. The average Bonchev–Trinajstić information content (AvgIpc) is 3.72. The van der Waals surface area contributed by atoms with Gasteiger partial charge < -0.3 is 43.9 Å². The van der Waals surface area contributed by atoms with Crippen LogP contribution in [-0.2, 0) is 33.9 Å². The van der Waals surface area contributed by atoms with E-state index < -0.39 is 42.8 Å². The number of nitrogens with one attached hydrogen (secondary N) is 3. The number of carbonyl (C=O) groups is 2. The van der Waals surface area contributed by atoms with Crippen molar-refractivity contribution in [2.45, 2.75) is 70.5 Å². The van der Waals surface area contributed by atoms with Gasteiger partial charge in [-0.15, -0.1) is 0 Å². The van der Waals surface area contributed by atoms with Crippen LogP contribution < -0.4 is 40.8 Å². The van der Waals surface area contributed by atoms with Crippen LogP contribution in [0.25, 0.3) is 5.57 Å². The zero-order valence-electron chi connectivity index (χ0n) is 24.9. The summed E-state index contributed by atoms with van der Waals surface area (Å²) >= 11 is 0. The van der Waals surface area contributed by atoms with Crippen LogP contribution in [0.4, 0.5) is 5.95 Å². The summed E-state index contributed by atoms with van der Waals surface area (Å²) in [5.74, 6) is 0.677. The lowest BCUT2D eigenvalue weighted by Gasteiger charge is -2.35. The smallest absolute Gasteiger partial charge is 0.374 e. The van der Waals surface area contributed by atoms with E-state index in [0.29, 0.717) is 59.3 Å². The highest BCUT2D eigenvalue weighted by Gasteiger charge is 2.45. The molecule has 0 unspecified atom stereocenters. The van der Waals surface area contributed by atoms with Gasteiger partial charge in [0.2, 0.25) is 17.6 Å². The molecule has 0 spiro atoms.